The molecule has 0 radical (unpaired) electrons. The molecule has 128 valence electrons. The van der Waals surface area contributed by atoms with Crippen LogP contribution in [-0.4, -0.2) is 19.5 Å². The maximum Gasteiger partial charge on any atom is 0.433 e. The average molecular weight is 371 g/mol. The number of fused-ring (bicyclic) bond motifs is 1. The van der Waals surface area contributed by atoms with E-state index in [9.17, 15) is 28.1 Å². The van der Waals surface area contributed by atoms with Crippen molar-refractivity contribution in [1.29, 1.82) is 0 Å². The Morgan fingerprint density at radius 3 is 2.52 bits per heavy atom. The standard InChI is InChI=1S/C14H6ClF3N4O3/c15-10-8-3-4-9(14(16,17)18)20-12(8)21(7-2-1-5-19-6-7)13(23)11(10)22(24)25/h1-6H. The molecule has 3 rings (SSSR count). The highest BCUT2D eigenvalue weighted by Crippen LogP contribution is 2.33. The molecule has 0 N–H and O–H groups in total. The van der Waals surface area contributed by atoms with Crippen LogP contribution in [0.1, 0.15) is 5.69 Å². The van der Waals surface area contributed by atoms with Gasteiger partial charge in [0.05, 0.1) is 16.8 Å². The van der Waals surface area contributed by atoms with Crippen molar-refractivity contribution >= 4 is 28.3 Å². The number of alkyl halides is 3. The number of aromatic nitrogens is 3. The van der Waals surface area contributed by atoms with Crippen LogP contribution in [0, 0.1) is 10.1 Å². The molecule has 0 saturated heterocycles. The van der Waals surface area contributed by atoms with Crippen LogP contribution in [0.3, 0.4) is 0 Å². The van der Waals surface area contributed by atoms with Crippen molar-refractivity contribution in [2.24, 2.45) is 0 Å². The van der Waals surface area contributed by atoms with Gasteiger partial charge in [0.25, 0.3) is 0 Å². The Balaban J connectivity index is 2.53. The maximum atomic E-state index is 13.0. The SMILES string of the molecule is O=c1c([N+](=O)[O-])c(Cl)c2ccc(C(F)(F)F)nc2n1-c1cccnc1. The number of hydrogen-bond acceptors (Lipinski definition) is 5. The lowest BCUT2D eigenvalue weighted by Crippen LogP contribution is -2.24. The van der Waals surface area contributed by atoms with Crippen molar-refractivity contribution in [1.82, 2.24) is 14.5 Å². The van der Waals surface area contributed by atoms with Crippen molar-refractivity contribution in [2.45, 2.75) is 6.18 Å². The van der Waals surface area contributed by atoms with E-state index < -0.39 is 38.7 Å². The highest BCUT2D eigenvalue weighted by atomic mass is 35.5. The summed E-state index contributed by atoms with van der Waals surface area (Å²) in [4.78, 5) is 29.9. The number of nitro groups is 1. The van der Waals surface area contributed by atoms with Gasteiger partial charge in [-0.15, -0.1) is 0 Å². The lowest BCUT2D eigenvalue weighted by molar-refractivity contribution is -0.386. The van der Waals surface area contributed by atoms with Gasteiger partial charge in [-0.1, -0.05) is 11.6 Å². The van der Waals surface area contributed by atoms with Gasteiger partial charge in [-0.3, -0.25) is 24.5 Å². The Bertz CT molecular complexity index is 1050. The first-order chi connectivity index (χ1) is 11.7. The van der Waals surface area contributed by atoms with Crippen molar-refractivity contribution in [3.05, 3.63) is 67.8 Å². The minimum atomic E-state index is -4.77. The van der Waals surface area contributed by atoms with Crippen LogP contribution >= 0.6 is 11.6 Å². The first kappa shape index (κ1) is 16.8. The molecule has 0 unspecified atom stereocenters. The van der Waals surface area contributed by atoms with Gasteiger partial charge in [-0.05, 0) is 24.3 Å². The largest absolute Gasteiger partial charge is 0.433 e. The lowest BCUT2D eigenvalue weighted by Gasteiger charge is -2.13. The Labute approximate surface area is 141 Å². The monoisotopic (exact) mass is 370 g/mol. The van der Waals surface area contributed by atoms with Crippen LogP contribution in [0.5, 0.6) is 0 Å². The molecule has 0 bridgehead atoms. The van der Waals surface area contributed by atoms with Gasteiger partial charge in [0.15, 0.2) is 0 Å². The molecule has 0 aromatic carbocycles. The normalized spacial score (nSPS) is 11.7. The summed E-state index contributed by atoms with van der Waals surface area (Å²) in [6.07, 6.45) is -2.23. The minimum absolute atomic E-state index is 0.0177. The molecule has 0 aliphatic heterocycles. The summed E-state index contributed by atoms with van der Waals surface area (Å²) in [5.74, 6) is 0. The molecule has 3 aromatic rings. The molecule has 0 fully saturated rings. The van der Waals surface area contributed by atoms with E-state index in [1.165, 1.54) is 24.5 Å². The summed E-state index contributed by atoms with van der Waals surface area (Å²) >= 11 is 5.88. The average Bonchev–Trinajstić information content (AvgIpc) is 2.54. The zero-order chi connectivity index (χ0) is 18.4. The molecule has 0 saturated carbocycles. The second kappa shape index (κ2) is 5.81. The van der Waals surface area contributed by atoms with Gasteiger partial charge in [0.1, 0.15) is 16.4 Å². The van der Waals surface area contributed by atoms with Crippen molar-refractivity contribution in [2.75, 3.05) is 0 Å². The summed E-state index contributed by atoms with van der Waals surface area (Å²) in [5.41, 5.74) is -3.86. The molecule has 0 atom stereocenters. The fourth-order valence-electron chi connectivity index (χ4n) is 2.26. The molecular formula is C14H6ClF3N4O3. The van der Waals surface area contributed by atoms with Crippen LogP contribution in [0.2, 0.25) is 5.02 Å². The highest BCUT2D eigenvalue weighted by molar-refractivity contribution is 6.37. The van der Waals surface area contributed by atoms with E-state index in [-0.39, 0.29) is 11.1 Å². The number of nitrogens with zero attached hydrogens (tertiary/aromatic N) is 4. The van der Waals surface area contributed by atoms with Gasteiger partial charge in [0, 0.05) is 11.6 Å². The molecular weight excluding hydrogens is 365 g/mol. The Morgan fingerprint density at radius 2 is 1.96 bits per heavy atom. The minimum Gasteiger partial charge on any atom is -0.263 e. The molecule has 11 heteroatoms. The van der Waals surface area contributed by atoms with Crippen LogP contribution < -0.4 is 5.56 Å². The summed E-state index contributed by atoms with van der Waals surface area (Å²) in [7, 11) is 0. The second-order valence-corrected chi connectivity index (χ2v) is 5.21. The molecule has 0 spiro atoms. The lowest BCUT2D eigenvalue weighted by atomic mass is 10.2. The van der Waals surface area contributed by atoms with E-state index in [0.717, 1.165) is 6.07 Å². The zero-order valence-corrected chi connectivity index (χ0v) is 12.7. The zero-order valence-electron chi connectivity index (χ0n) is 12.0. The molecule has 0 aliphatic carbocycles. The third-order valence-corrected chi connectivity index (χ3v) is 3.70. The van der Waals surface area contributed by atoms with E-state index >= 15 is 0 Å². The van der Waals surface area contributed by atoms with E-state index in [1.807, 2.05) is 0 Å². The van der Waals surface area contributed by atoms with Crippen LogP contribution in [0.25, 0.3) is 16.7 Å². The van der Waals surface area contributed by atoms with Gasteiger partial charge in [-0.2, -0.15) is 13.2 Å². The van der Waals surface area contributed by atoms with Crippen molar-refractivity contribution in [3.63, 3.8) is 0 Å². The quantitative estimate of drug-likeness (QED) is 0.509. The van der Waals surface area contributed by atoms with E-state index in [0.29, 0.717) is 10.6 Å². The summed E-state index contributed by atoms with van der Waals surface area (Å²) in [6.45, 7) is 0. The van der Waals surface area contributed by atoms with Crippen molar-refractivity contribution < 1.29 is 18.1 Å². The van der Waals surface area contributed by atoms with E-state index in [4.69, 9.17) is 11.6 Å². The predicted octanol–water partition coefficient (Wildman–Crippen LogP) is 3.36. The third-order valence-electron chi connectivity index (χ3n) is 3.31. The molecule has 7 nitrogen and oxygen atoms in total. The molecule has 3 aromatic heterocycles. The number of hydrogen-bond donors (Lipinski definition) is 0. The fourth-order valence-corrected chi connectivity index (χ4v) is 2.55. The Kier molecular flexibility index (Phi) is 3.91. The first-order valence-corrected chi connectivity index (χ1v) is 6.97. The molecule has 3 heterocycles. The van der Waals surface area contributed by atoms with Gasteiger partial charge < -0.3 is 0 Å². The topological polar surface area (TPSA) is 90.9 Å². The molecule has 0 amide bonds. The number of pyridine rings is 3. The van der Waals surface area contributed by atoms with Crippen LogP contribution in [-0.2, 0) is 6.18 Å². The number of halogens is 4. The van der Waals surface area contributed by atoms with Gasteiger partial charge in [-0.25, -0.2) is 4.98 Å². The van der Waals surface area contributed by atoms with Crippen molar-refractivity contribution in [3.8, 4) is 5.69 Å². The predicted molar refractivity (Wildman–Crippen MR) is 81.8 cm³/mol. The van der Waals surface area contributed by atoms with Gasteiger partial charge >= 0.3 is 17.4 Å². The highest BCUT2D eigenvalue weighted by Gasteiger charge is 2.34. The van der Waals surface area contributed by atoms with Gasteiger partial charge in [0.2, 0.25) is 0 Å². The fraction of sp³-hybridized carbons (Fsp3) is 0.0714. The van der Waals surface area contributed by atoms with Crippen LogP contribution in [0.4, 0.5) is 18.9 Å². The Morgan fingerprint density at radius 1 is 1.24 bits per heavy atom. The first-order valence-electron chi connectivity index (χ1n) is 6.59. The molecule has 0 aliphatic rings. The Hall–Kier alpha value is -3.01. The second-order valence-electron chi connectivity index (χ2n) is 4.84. The third kappa shape index (κ3) is 2.80. The summed E-state index contributed by atoms with van der Waals surface area (Å²) in [5, 5.41) is 10.4. The van der Waals surface area contributed by atoms with Crippen LogP contribution in [0.15, 0.2) is 41.5 Å². The molecule has 25 heavy (non-hydrogen) atoms. The number of rotatable bonds is 2. The van der Waals surface area contributed by atoms with E-state index in [1.54, 1.807) is 0 Å². The maximum absolute atomic E-state index is 13.0. The smallest absolute Gasteiger partial charge is 0.263 e. The summed E-state index contributed by atoms with van der Waals surface area (Å²) < 4.78 is 39.5. The van der Waals surface area contributed by atoms with E-state index in [2.05, 4.69) is 9.97 Å². The summed E-state index contributed by atoms with van der Waals surface area (Å²) in [6, 6.07) is 4.35.